The maximum atomic E-state index is 11.1. The summed E-state index contributed by atoms with van der Waals surface area (Å²) in [4.78, 5) is 9.85. The average molecular weight is 196 g/mol. The summed E-state index contributed by atoms with van der Waals surface area (Å²) in [6.45, 7) is 0. The van der Waals surface area contributed by atoms with Gasteiger partial charge in [-0.2, -0.15) is 0 Å². The number of nitro groups is 1. The summed E-state index contributed by atoms with van der Waals surface area (Å²) in [5, 5.41) is 21.5. The average Bonchev–Trinajstić information content (AvgIpc) is 2.92. The molecule has 1 heterocycles. The van der Waals surface area contributed by atoms with E-state index >= 15 is 0 Å². The van der Waals surface area contributed by atoms with Crippen LogP contribution in [0.15, 0.2) is 18.3 Å². The molecule has 0 spiro atoms. The highest BCUT2D eigenvalue weighted by Crippen LogP contribution is 2.26. The van der Waals surface area contributed by atoms with Crippen LogP contribution in [0.25, 0.3) is 0 Å². The number of rotatable bonds is 3. The Morgan fingerprint density at radius 2 is 2.29 bits per heavy atom. The van der Waals surface area contributed by atoms with Crippen LogP contribution in [0.2, 0.25) is 0 Å². The lowest BCUT2D eigenvalue weighted by atomic mass is 10.4. The Balaban J connectivity index is 2.26. The van der Waals surface area contributed by atoms with Crippen molar-refractivity contribution in [3.63, 3.8) is 0 Å². The molecule has 0 amide bonds. The predicted molar refractivity (Wildman–Crippen MR) is 45.7 cm³/mol. The summed E-state index contributed by atoms with van der Waals surface area (Å²) < 4.78 is 5.68. The molecule has 14 heavy (non-hydrogen) atoms. The molecule has 0 unspecified atom stereocenters. The van der Waals surface area contributed by atoms with Gasteiger partial charge >= 0.3 is 5.88 Å². The zero-order valence-electron chi connectivity index (χ0n) is 7.25. The third-order valence-corrected chi connectivity index (χ3v) is 1.89. The number of ether oxygens (including phenoxy) is 1. The summed E-state index contributed by atoms with van der Waals surface area (Å²) in [6, 6.07) is 2.29. The number of aromatic nitrogens is 1. The molecule has 0 saturated heterocycles. The molecule has 0 bridgehead atoms. The molecule has 1 aromatic heterocycles. The fourth-order valence-electron chi connectivity index (χ4n) is 1.01. The molecule has 0 radical (unpaired) electrons. The van der Waals surface area contributed by atoms with Gasteiger partial charge in [-0.05, 0) is 12.8 Å². The monoisotopic (exact) mass is 196 g/mol. The molecule has 1 aliphatic rings. The van der Waals surface area contributed by atoms with Crippen LogP contribution < -0.4 is 9.47 Å². The summed E-state index contributed by atoms with van der Waals surface area (Å²) in [6.07, 6.45) is 2.94. The van der Waals surface area contributed by atoms with Crippen molar-refractivity contribution in [2.24, 2.45) is 0 Å². The lowest BCUT2D eigenvalue weighted by Gasteiger charge is -2.03. The van der Waals surface area contributed by atoms with Gasteiger partial charge < -0.3 is 9.94 Å². The minimum atomic E-state index is -0.556. The van der Waals surface area contributed by atoms with Gasteiger partial charge in [-0.3, -0.25) is 10.1 Å². The third kappa shape index (κ3) is 1.73. The van der Waals surface area contributed by atoms with Crippen LogP contribution in [0, 0.1) is 15.3 Å². The molecule has 0 aliphatic heterocycles. The summed E-state index contributed by atoms with van der Waals surface area (Å²) in [5.41, 5.74) is -0.132. The van der Waals surface area contributed by atoms with Gasteiger partial charge in [0, 0.05) is 0 Å². The van der Waals surface area contributed by atoms with E-state index in [4.69, 9.17) is 4.74 Å². The van der Waals surface area contributed by atoms with Crippen LogP contribution in [-0.2, 0) is 0 Å². The zero-order valence-corrected chi connectivity index (χ0v) is 7.25. The van der Waals surface area contributed by atoms with Crippen molar-refractivity contribution in [3.8, 4) is 5.88 Å². The Morgan fingerprint density at radius 1 is 1.57 bits per heavy atom. The van der Waals surface area contributed by atoms with Crippen molar-refractivity contribution in [1.82, 2.24) is 0 Å². The Labute approximate surface area is 79.5 Å². The van der Waals surface area contributed by atoms with E-state index in [1.165, 1.54) is 0 Å². The first-order chi connectivity index (χ1) is 6.66. The molecule has 0 atom stereocenters. The molecule has 1 fully saturated rings. The first kappa shape index (κ1) is 8.74. The van der Waals surface area contributed by atoms with Crippen LogP contribution in [0.3, 0.4) is 0 Å². The van der Waals surface area contributed by atoms with E-state index in [9.17, 15) is 15.3 Å². The molecule has 0 N–H and O–H groups in total. The second-order valence-electron chi connectivity index (χ2n) is 3.12. The van der Waals surface area contributed by atoms with Crippen LogP contribution in [-0.4, -0.2) is 11.0 Å². The molecule has 6 heteroatoms. The minimum Gasteiger partial charge on any atom is -0.616 e. The summed E-state index contributed by atoms with van der Waals surface area (Å²) in [7, 11) is 0. The summed E-state index contributed by atoms with van der Waals surface area (Å²) >= 11 is 0. The van der Waals surface area contributed by atoms with Crippen molar-refractivity contribution in [2.75, 3.05) is 0 Å². The van der Waals surface area contributed by atoms with E-state index in [1.54, 1.807) is 0 Å². The molecule has 1 aliphatic carbocycles. The first-order valence-electron chi connectivity index (χ1n) is 4.21. The standard InChI is InChI=1S/C8H8N2O4/c11-9-4-3-6(10(12)13)5-8(9)14-7-1-2-7/h3-5,7H,1-2H2. The quantitative estimate of drug-likeness (QED) is 0.309. The van der Waals surface area contributed by atoms with Gasteiger partial charge in [-0.15, -0.1) is 4.73 Å². The van der Waals surface area contributed by atoms with Crippen LogP contribution in [0.4, 0.5) is 5.69 Å². The molecule has 1 aromatic rings. The van der Waals surface area contributed by atoms with Gasteiger partial charge in [0.25, 0.3) is 5.69 Å². The normalized spacial score (nSPS) is 15.1. The molecule has 1 saturated carbocycles. The van der Waals surface area contributed by atoms with Crippen molar-refractivity contribution >= 4 is 5.69 Å². The van der Waals surface area contributed by atoms with Gasteiger partial charge in [0.1, 0.15) is 12.2 Å². The SMILES string of the molecule is O=[N+]([O-])c1cc[n+]([O-])c(OC2CC2)c1. The fraction of sp³-hybridized carbons (Fsp3) is 0.375. The van der Waals surface area contributed by atoms with E-state index in [0.29, 0.717) is 4.73 Å². The molecule has 74 valence electrons. The molecule has 6 nitrogen and oxygen atoms in total. The molecular formula is C8H8N2O4. The maximum absolute atomic E-state index is 11.1. The van der Waals surface area contributed by atoms with Crippen LogP contribution in [0.5, 0.6) is 5.88 Å². The number of hydrogen-bond donors (Lipinski definition) is 0. The zero-order chi connectivity index (χ0) is 10.1. The smallest absolute Gasteiger partial charge is 0.386 e. The highest BCUT2D eigenvalue weighted by molar-refractivity contribution is 5.29. The van der Waals surface area contributed by atoms with Gasteiger partial charge in [0.05, 0.1) is 11.0 Å². The molecule has 2 rings (SSSR count). The first-order valence-corrected chi connectivity index (χ1v) is 4.21. The van der Waals surface area contributed by atoms with Crippen molar-refractivity contribution in [2.45, 2.75) is 18.9 Å². The Bertz CT molecular complexity index is 376. The number of pyridine rings is 1. The van der Waals surface area contributed by atoms with Crippen LogP contribution >= 0.6 is 0 Å². The maximum Gasteiger partial charge on any atom is 0.386 e. The lowest BCUT2D eigenvalue weighted by Crippen LogP contribution is -2.28. The van der Waals surface area contributed by atoms with Crippen molar-refractivity contribution in [1.29, 1.82) is 0 Å². The second-order valence-corrected chi connectivity index (χ2v) is 3.12. The topological polar surface area (TPSA) is 79.3 Å². The minimum absolute atomic E-state index is 0.00157. The Hall–Kier alpha value is -1.85. The van der Waals surface area contributed by atoms with Gasteiger partial charge in [-0.1, -0.05) is 0 Å². The largest absolute Gasteiger partial charge is 0.616 e. The van der Waals surface area contributed by atoms with Crippen molar-refractivity contribution < 1.29 is 14.4 Å². The van der Waals surface area contributed by atoms with Gasteiger partial charge in [-0.25, -0.2) is 0 Å². The van der Waals surface area contributed by atoms with Crippen LogP contribution in [0.1, 0.15) is 12.8 Å². The highest BCUT2D eigenvalue weighted by atomic mass is 16.6. The summed E-state index contributed by atoms with van der Waals surface area (Å²) in [5.74, 6) is 0.00157. The predicted octanol–water partition coefficient (Wildman–Crippen LogP) is 0.769. The lowest BCUT2D eigenvalue weighted by molar-refractivity contribution is -0.613. The Morgan fingerprint density at radius 3 is 2.86 bits per heavy atom. The fourth-order valence-corrected chi connectivity index (χ4v) is 1.01. The van der Waals surface area contributed by atoms with E-state index in [-0.39, 0.29) is 17.7 Å². The van der Waals surface area contributed by atoms with E-state index in [1.807, 2.05) is 0 Å². The molecular weight excluding hydrogens is 188 g/mol. The third-order valence-electron chi connectivity index (χ3n) is 1.89. The Kier molecular flexibility index (Phi) is 1.95. The number of hydrogen-bond acceptors (Lipinski definition) is 4. The number of nitrogens with zero attached hydrogens (tertiary/aromatic N) is 2. The van der Waals surface area contributed by atoms with Gasteiger partial charge in [0.15, 0.2) is 6.20 Å². The van der Waals surface area contributed by atoms with Crippen molar-refractivity contribution in [3.05, 3.63) is 33.7 Å². The van der Waals surface area contributed by atoms with E-state index < -0.39 is 4.92 Å². The molecule has 0 aromatic carbocycles. The van der Waals surface area contributed by atoms with Gasteiger partial charge in [0.2, 0.25) is 0 Å². The highest BCUT2D eigenvalue weighted by Gasteiger charge is 2.27. The van der Waals surface area contributed by atoms with E-state index in [0.717, 1.165) is 31.2 Å². The van der Waals surface area contributed by atoms with E-state index in [2.05, 4.69) is 0 Å². The second kappa shape index (κ2) is 3.13.